The second kappa shape index (κ2) is 12.8. The Balaban J connectivity index is 0.00000480. The van der Waals surface area contributed by atoms with Crippen molar-refractivity contribution in [3.05, 3.63) is 29.8 Å². The molecule has 8 nitrogen and oxygen atoms in total. The van der Waals surface area contributed by atoms with Gasteiger partial charge in [0.2, 0.25) is 0 Å². The van der Waals surface area contributed by atoms with Crippen LogP contribution in [0.2, 0.25) is 0 Å². The van der Waals surface area contributed by atoms with Gasteiger partial charge in [-0.3, -0.25) is 4.99 Å². The third-order valence-electron chi connectivity index (χ3n) is 4.45. The molecule has 0 bridgehead atoms. The van der Waals surface area contributed by atoms with E-state index in [0.29, 0.717) is 32.5 Å². The Bertz CT molecular complexity index is 728. The smallest absolute Gasteiger partial charge is 0.416 e. The van der Waals surface area contributed by atoms with Crippen LogP contribution in [0, 0.1) is 0 Å². The number of hydrogen-bond acceptors (Lipinski definition) is 5. The van der Waals surface area contributed by atoms with Gasteiger partial charge in [-0.25, -0.2) is 4.79 Å². The van der Waals surface area contributed by atoms with E-state index in [0.717, 1.165) is 12.1 Å². The van der Waals surface area contributed by atoms with Crippen LogP contribution in [0.5, 0.6) is 5.75 Å². The fourth-order valence-corrected chi connectivity index (χ4v) is 2.89. The second-order valence-electron chi connectivity index (χ2n) is 6.82. The number of hydrogen-bond donors (Lipinski definition) is 3. The molecule has 1 heterocycles. The minimum Gasteiger partial charge on any atom is -0.491 e. The third-order valence-corrected chi connectivity index (χ3v) is 4.45. The standard InChI is InChI=1S/C19H27F3N4O4.HI/c1-2-29-18(28)26-8-6-14(7-9-26)25-17(23)24-11-15(27)12-30-16-5-3-4-13(10-16)19(20,21)22;/h3-5,10,14-15,27H,2,6-9,11-12H2,1H3,(H3,23,24,25);1H. The molecule has 1 aromatic carbocycles. The maximum absolute atomic E-state index is 12.7. The van der Waals surface area contributed by atoms with E-state index < -0.39 is 17.8 Å². The second-order valence-corrected chi connectivity index (χ2v) is 6.82. The molecule has 1 amide bonds. The lowest BCUT2D eigenvalue weighted by atomic mass is 10.1. The predicted molar refractivity (Wildman–Crippen MR) is 120 cm³/mol. The van der Waals surface area contributed by atoms with Gasteiger partial charge in [-0.2, -0.15) is 13.2 Å². The van der Waals surface area contributed by atoms with Crippen LogP contribution in [-0.2, 0) is 10.9 Å². The number of likely N-dealkylation sites (tertiary alicyclic amines) is 1. The maximum Gasteiger partial charge on any atom is 0.416 e. The van der Waals surface area contributed by atoms with Crippen molar-refractivity contribution in [2.45, 2.75) is 38.1 Å². The minimum atomic E-state index is -4.46. The van der Waals surface area contributed by atoms with Crippen LogP contribution >= 0.6 is 24.0 Å². The number of nitrogens with zero attached hydrogens (tertiary/aromatic N) is 2. The van der Waals surface area contributed by atoms with Crippen LogP contribution in [0.25, 0.3) is 0 Å². The monoisotopic (exact) mass is 560 g/mol. The average molecular weight is 560 g/mol. The Labute approximate surface area is 196 Å². The largest absolute Gasteiger partial charge is 0.491 e. The fourth-order valence-electron chi connectivity index (χ4n) is 2.89. The summed E-state index contributed by atoms with van der Waals surface area (Å²) in [6.45, 7) is 2.86. The highest BCUT2D eigenvalue weighted by molar-refractivity contribution is 14.0. The molecule has 0 spiro atoms. The van der Waals surface area contributed by atoms with Gasteiger partial charge in [0.05, 0.1) is 18.7 Å². The number of benzene rings is 1. The molecule has 0 radical (unpaired) electrons. The van der Waals surface area contributed by atoms with E-state index in [4.69, 9.17) is 15.2 Å². The van der Waals surface area contributed by atoms with Crippen LogP contribution in [0.1, 0.15) is 25.3 Å². The topological polar surface area (TPSA) is 109 Å². The van der Waals surface area contributed by atoms with Gasteiger partial charge in [0.15, 0.2) is 5.96 Å². The summed E-state index contributed by atoms with van der Waals surface area (Å²) in [5, 5.41) is 13.0. The molecule has 1 aliphatic heterocycles. The summed E-state index contributed by atoms with van der Waals surface area (Å²) < 4.78 is 48.3. The minimum absolute atomic E-state index is 0. The molecule has 1 atom stereocenters. The maximum atomic E-state index is 12.7. The first-order chi connectivity index (χ1) is 14.2. The van der Waals surface area contributed by atoms with Gasteiger partial charge >= 0.3 is 12.3 Å². The van der Waals surface area contributed by atoms with E-state index in [1.165, 1.54) is 12.1 Å². The lowest BCUT2D eigenvalue weighted by molar-refractivity contribution is -0.137. The summed E-state index contributed by atoms with van der Waals surface area (Å²) in [6.07, 6.45) is -4.48. The van der Waals surface area contributed by atoms with Gasteiger partial charge in [-0.05, 0) is 38.0 Å². The first kappa shape index (κ1) is 27.1. The van der Waals surface area contributed by atoms with E-state index in [1.54, 1.807) is 11.8 Å². The van der Waals surface area contributed by atoms with Gasteiger partial charge in [-0.15, -0.1) is 24.0 Å². The Morgan fingerprint density at radius 3 is 2.68 bits per heavy atom. The first-order valence-corrected chi connectivity index (χ1v) is 9.65. The molecular weight excluding hydrogens is 532 g/mol. The number of nitrogens with one attached hydrogen (secondary N) is 1. The number of carbonyl (C=O) groups is 1. The summed E-state index contributed by atoms with van der Waals surface area (Å²) in [7, 11) is 0. The van der Waals surface area contributed by atoms with E-state index in [9.17, 15) is 23.1 Å². The lowest BCUT2D eigenvalue weighted by Crippen LogP contribution is -2.48. The Hall–Kier alpha value is -1.96. The van der Waals surface area contributed by atoms with Crippen molar-refractivity contribution in [1.82, 2.24) is 10.2 Å². The number of halogens is 4. The number of alkyl halides is 3. The average Bonchev–Trinajstić information content (AvgIpc) is 2.71. The van der Waals surface area contributed by atoms with Crippen molar-refractivity contribution >= 4 is 36.0 Å². The van der Waals surface area contributed by atoms with Crippen molar-refractivity contribution in [3.8, 4) is 5.75 Å². The van der Waals surface area contributed by atoms with Crippen molar-refractivity contribution in [2.24, 2.45) is 10.7 Å². The summed E-state index contributed by atoms with van der Waals surface area (Å²) in [5.74, 6) is 0.148. The SMILES string of the molecule is CCOC(=O)N1CCC(NC(N)=NCC(O)COc2cccc(C(F)(F)F)c2)CC1.I. The fraction of sp³-hybridized carbons (Fsp3) is 0.579. The third kappa shape index (κ3) is 9.37. The predicted octanol–water partition coefficient (Wildman–Crippen LogP) is 2.59. The molecule has 1 unspecified atom stereocenters. The summed E-state index contributed by atoms with van der Waals surface area (Å²) in [4.78, 5) is 17.3. The number of aliphatic hydroxyl groups is 1. The molecule has 0 saturated carbocycles. The van der Waals surface area contributed by atoms with Gasteiger partial charge in [-0.1, -0.05) is 6.07 Å². The Morgan fingerprint density at radius 2 is 2.06 bits per heavy atom. The van der Waals surface area contributed by atoms with Crippen LogP contribution < -0.4 is 15.8 Å². The molecule has 176 valence electrons. The van der Waals surface area contributed by atoms with E-state index in [-0.39, 0.29) is 61.0 Å². The molecule has 2 rings (SSSR count). The molecule has 1 aromatic rings. The summed E-state index contributed by atoms with van der Waals surface area (Å²) in [5.41, 5.74) is 5.00. The zero-order valence-electron chi connectivity index (χ0n) is 17.1. The van der Waals surface area contributed by atoms with Gasteiger partial charge < -0.3 is 30.5 Å². The van der Waals surface area contributed by atoms with Crippen molar-refractivity contribution in [3.63, 3.8) is 0 Å². The van der Waals surface area contributed by atoms with Crippen LogP contribution in [0.3, 0.4) is 0 Å². The van der Waals surface area contributed by atoms with Crippen LogP contribution in [0.4, 0.5) is 18.0 Å². The van der Waals surface area contributed by atoms with Crippen LogP contribution in [-0.4, -0.2) is 67.1 Å². The summed E-state index contributed by atoms with van der Waals surface area (Å²) >= 11 is 0. The lowest BCUT2D eigenvalue weighted by Gasteiger charge is -2.31. The zero-order chi connectivity index (χ0) is 22.1. The molecular formula is C19H28F3IN4O4. The number of aliphatic imine (C=N–C) groups is 1. The van der Waals surface area contributed by atoms with Crippen molar-refractivity contribution < 1.29 is 32.5 Å². The highest BCUT2D eigenvalue weighted by Crippen LogP contribution is 2.31. The number of aliphatic hydroxyl groups excluding tert-OH is 1. The zero-order valence-corrected chi connectivity index (χ0v) is 19.4. The number of nitrogens with two attached hydrogens (primary N) is 1. The number of rotatable bonds is 7. The molecule has 0 aromatic heterocycles. The van der Waals surface area contributed by atoms with Crippen molar-refractivity contribution in [1.29, 1.82) is 0 Å². The molecule has 31 heavy (non-hydrogen) atoms. The normalized spacial score (nSPS) is 16.3. The molecule has 4 N–H and O–H groups in total. The number of guanidine groups is 1. The number of amides is 1. The first-order valence-electron chi connectivity index (χ1n) is 9.65. The Kier molecular flexibility index (Phi) is 11.2. The number of ether oxygens (including phenoxy) is 2. The van der Waals surface area contributed by atoms with E-state index in [2.05, 4.69) is 10.3 Å². The quantitative estimate of drug-likeness (QED) is 0.269. The van der Waals surface area contributed by atoms with E-state index in [1.807, 2.05) is 0 Å². The molecule has 1 saturated heterocycles. The van der Waals surface area contributed by atoms with Gasteiger partial charge in [0, 0.05) is 19.1 Å². The number of carbonyl (C=O) groups excluding carboxylic acids is 1. The van der Waals surface area contributed by atoms with Crippen LogP contribution in [0.15, 0.2) is 29.3 Å². The molecule has 0 aliphatic carbocycles. The van der Waals surface area contributed by atoms with Crippen molar-refractivity contribution in [2.75, 3.05) is 32.8 Å². The summed E-state index contributed by atoms with van der Waals surface area (Å²) in [6, 6.07) is 4.46. The highest BCUT2D eigenvalue weighted by Gasteiger charge is 2.30. The highest BCUT2D eigenvalue weighted by atomic mass is 127. The van der Waals surface area contributed by atoms with Gasteiger partial charge in [0.25, 0.3) is 0 Å². The van der Waals surface area contributed by atoms with E-state index >= 15 is 0 Å². The molecule has 1 aliphatic rings. The molecule has 1 fully saturated rings. The van der Waals surface area contributed by atoms with Gasteiger partial charge in [0.1, 0.15) is 18.5 Å². The number of piperidine rings is 1. The molecule has 12 heteroatoms. The Morgan fingerprint density at radius 1 is 1.39 bits per heavy atom.